The predicted octanol–water partition coefficient (Wildman–Crippen LogP) is 2.76. The van der Waals surface area contributed by atoms with Gasteiger partial charge >= 0.3 is 0 Å². The van der Waals surface area contributed by atoms with Gasteiger partial charge in [0, 0.05) is 6.54 Å². The smallest absolute Gasteiger partial charge is 0.00121 e. The second kappa shape index (κ2) is 4.86. The molecule has 0 radical (unpaired) electrons. The third kappa shape index (κ3) is 2.22. The second-order valence-electron chi connectivity index (χ2n) is 4.02. The Morgan fingerprint density at radius 3 is 2.25 bits per heavy atom. The summed E-state index contributed by atoms with van der Waals surface area (Å²) in [4.78, 5) is 2.60. The average Bonchev–Trinajstić information content (AvgIpc) is 2.16. The van der Waals surface area contributed by atoms with Crippen LogP contribution in [-0.2, 0) is 0 Å². The normalized spacial score (nSPS) is 32.2. The fourth-order valence-corrected chi connectivity index (χ4v) is 2.44. The van der Waals surface area contributed by atoms with Crippen molar-refractivity contribution in [1.82, 2.24) is 4.90 Å². The van der Waals surface area contributed by atoms with E-state index in [1.165, 1.54) is 38.9 Å². The van der Waals surface area contributed by atoms with Crippen molar-refractivity contribution in [1.29, 1.82) is 0 Å². The van der Waals surface area contributed by atoms with E-state index in [9.17, 15) is 0 Å². The number of hydrogen-bond acceptors (Lipinski definition) is 1. The lowest BCUT2D eigenvalue weighted by Gasteiger charge is -2.37. The van der Waals surface area contributed by atoms with Gasteiger partial charge in [0.1, 0.15) is 0 Å². The van der Waals surface area contributed by atoms with Crippen molar-refractivity contribution in [2.75, 3.05) is 19.6 Å². The van der Waals surface area contributed by atoms with Crippen LogP contribution in [0.2, 0.25) is 0 Å². The summed E-state index contributed by atoms with van der Waals surface area (Å²) >= 11 is 0. The Morgan fingerprint density at radius 2 is 1.75 bits per heavy atom. The maximum Gasteiger partial charge on any atom is 0.00121 e. The van der Waals surface area contributed by atoms with Crippen molar-refractivity contribution in [3.63, 3.8) is 0 Å². The van der Waals surface area contributed by atoms with Crippen LogP contribution in [0.4, 0.5) is 0 Å². The highest BCUT2D eigenvalue weighted by Gasteiger charge is 2.25. The van der Waals surface area contributed by atoms with E-state index >= 15 is 0 Å². The van der Waals surface area contributed by atoms with E-state index in [-0.39, 0.29) is 0 Å². The van der Waals surface area contributed by atoms with E-state index < -0.39 is 0 Å². The molecule has 0 aromatic rings. The van der Waals surface area contributed by atoms with Crippen molar-refractivity contribution in [3.8, 4) is 0 Å². The van der Waals surface area contributed by atoms with Gasteiger partial charge in [-0.3, -0.25) is 0 Å². The van der Waals surface area contributed by atoms with Crippen molar-refractivity contribution in [2.45, 2.75) is 40.0 Å². The number of piperidine rings is 1. The standard InChI is InChI=1S/C11H23N/c1-4-10-7-8-12(6-3)9-11(10)5-2/h10-11H,4-9H2,1-3H3/t10-,11+/m1/s1. The van der Waals surface area contributed by atoms with E-state index in [0.29, 0.717) is 0 Å². The number of likely N-dealkylation sites (tertiary alicyclic amines) is 1. The lowest BCUT2D eigenvalue weighted by Crippen LogP contribution is -2.39. The largest absolute Gasteiger partial charge is 0.303 e. The minimum absolute atomic E-state index is 0.976. The van der Waals surface area contributed by atoms with Gasteiger partial charge in [-0.15, -0.1) is 0 Å². The van der Waals surface area contributed by atoms with Crippen LogP contribution in [0.25, 0.3) is 0 Å². The van der Waals surface area contributed by atoms with Crippen molar-refractivity contribution in [3.05, 3.63) is 0 Å². The highest BCUT2D eigenvalue weighted by molar-refractivity contribution is 4.78. The van der Waals surface area contributed by atoms with Crippen LogP contribution in [0, 0.1) is 11.8 Å². The van der Waals surface area contributed by atoms with Gasteiger partial charge in [-0.05, 0) is 31.3 Å². The molecular weight excluding hydrogens is 146 g/mol. The molecule has 1 fully saturated rings. The molecule has 2 atom stereocenters. The van der Waals surface area contributed by atoms with Crippen molar-refractivity contribution >= 4 is 0 Å². The molecule has 0 aliphatic carbocycles. The first-order valence-corrected chi connectivity index (χ1v) is 5.54. The summed E-state index contributed by atoms with van der Waals surface area (Å²) in [5.41, 5.74) is 0. The van der Waals surface area contributed by atoms with E-state index in [1.54, 1.807) is 0 Å². The molecule has 1 heterocycles. The van der Waals surface area contributed by atoms with Crippen molar-refractivity contribution in [2.24, 2.45) is 11.8 Å². The van der Waals surface area contributed by atoms with Crippen LogP contribution in [0.1, 0.15) is 40.0 Å². The van der Waals surface area contributed by atoms with Gasteiger partial charge in [-0.25, -0.2) is 0 Å². The van der Waals surface area contributed by atoms with Crippen LogP contribution >= 0.6 is 0 Å². The van der Waals surface area contributed by atoms with Gasteiger partial charge in [-0.2, -0.15) is 0 Å². The van der Waals surface area contributed by atoms with E-state index in [2.05, 4.69) is 25.7 Å². The maximum absolute atomic E-state index is 2.60. The zero-order valence-electron chi connectivity index (χ0n) is 8.84. The van der Waals surface area contributed by atoms with Gasteiger partial charge < -0.3 is 4.90 Å². The number of nitrogens with zero attached hydrogens (tertiary/aromatic N) is 1. The van der Waals surface area contributed by atoms with Crippen LogP contribution in [0.5, 0.6) is 0 Å². The molecular formula is C11H23N. The van der Waals surface area contributed by atoms with Gasteiger partial charge in [0.15, 0.2) is 0 Å². The fraction of sp³-hybridized carbons (Fsp3) is 1.00. The van der Waals surface area contributed by atoms with Crippen LogP contribution in [-0.4, -0.2) is 24.5 Å². The summed E-state index contributed by atoms with van der Waals surface area (Å²) in [5.74, 6) is 1.99. The minimum atomic E-state index is 0.976. The second-order valence-corrected chi connectivity index (χ2v) is 4.02. The van der Waals surface area contributed by atoms with Crippen LogP contribution < -0.4 is 0 Å². The van der Waals surface area contributed by atoms with E-state index in [0.717, 1.165) is 11.8 Å². The fourth-order valence-electron chi connectivity index (χ4n) is 2.44. The van der Waals surface area contributed by atoms with Gasteiger partial charge in [0.25, 0.3) is 0 Å². The summed E-state index contributed by atoms with van der Waals surface area (Å²) in [6.45, 7) is 10.9. The molecule has 0 amide bonds. The highest BCUT2D eigenvalue weighted by Crippen LogP contribution is 2.28. The summed E-state index contributed by atoms with van der Waals surface area (Å²) in [5, 5.41) is 0. The summed E-state index contributed by atoms with van der Waals surface area (Å²) in [7, 11) is 0. The monoisotopic (exact) mass is 169 g/mol. The number of hydrogen-bond donors (Lipinski definition) is 0. The molecule has 1 nitrogen and oxygen atoms in total. The van der Waals surface area contributed by atoms with Crippen LogP contribution in [0.15, 0.2) is 0 Å². The quantitative estimate of drug-likeness (QED) is 0.628. The predicted molar refractivity (Wildman–Crippen MR) is 54.3 cm³/mol. The zero-order chi connectivity index (χ0) is 8.97. The molecule has 0 saturated carbocycles. The molecule has 72 valence electrons. The summed E-state index contributed by atoms with van der Waals surface area (Å²) in [6.07, 6.45) is 4.19. The van der Waals surface area contributed by atoms with Gasteiger partial charge in [-0.1, -0.05) is 33.6 Å². The number of rotatable bonds is 3. The third-order valence-corrected chi connectivity index (χ3v) is 3.47. The Labute approximate surface area is 77.1 Å². The first kappa shape index (κ1) is 10.0. The molecule has 1 rings (SSSR count). The lowest BCUT2D eigenvalue weighted by molar-refractivity contribution is 0.118. The minimum Gasteiger partial charge on any atom is -0.303 e. The Morgan fingerprint density at radius 1 is 1.08 bits per heavy atom. The third-order valence-electron chi connectivity index (χ3n) is 3.47. The molecule has 0 N–H and O–H groups in total. The Balaban J connectivity index is 2.41. The lowest BCUT2D eigenvalue weighted by atomic mass is 9.82. The first-order chi connectivity index (χ1) is 5.81. The Hall–Kier alpha value is -0.0400. The zero-order valence-corrected chi connectivity index (χ0v) is 8.84. The van der Waals surface area contributed by atoms with Gasteiger partial charge in [0.2, 0.25) is 0 Å². The Bertz CT molecular complexity index is 122. The average molecular weight is 169 g/mol. The van der Waals surface area contributed by atoms with E-state index in [1.807, 2.05) is 0 Å². The molecule has 0 aromatic heterocycles. The SMILES string of the molecule is CC[C@@H]1CCN(CC)C[C@@H]1CC. The molecule has 1 aliphatic heterocycles. The maximum atomic E-state index is 2.60. The molecule has 0 unspecified atom stereocenters. The van der Waals surface area contributed by atoms with Crippen molar-refractivity contribution < 1.29 is 0 Å². The topological polar surface area (TPSA) is 3.24 Å². The molecule has 0 bridgehead atoms. The first-order valence-electron chi connectivity index (χ1n) is 5.54. The Kier molecular flexibility index (Phi) is 4.07. The van der Waals surface area contributed by atoms with E-state index in [4.69, 9.17) is 0 Å². The summed E-state index contributed by atoms with van der Waals surface area (Å²) in [6, 6.07) is 0. The van der Waals surface area contributed by atoms with Crippen LogP contribution in [0.3, 0.4) is 0 Å². The molecule has 12 heavy (non-hydrogen) atoms. The molecule has 1 aliphatic rings. The molecule has 0 spiro atoms. The van der Waals surface area contributed by atoms with Gasteiger partial charge in [0.05, 0.1) is 0 Å². The molecule has 1 heteroatoms. The molecule has 0 aromatic carbocycles. The molecule has 1 saturated heterocycles. The summed E-state index contributed by atoms with van der Waals surface area (Å²) < 4.78 is 0. The highest BCUT2D eigenvalue weighted by atomic mass is 15.1.